The molecule has 4 heteroatoms. The van der Waals surface area contributed by atoms with Crippen molar-refractivity contribution in [3.63, 3.8) is 0 Å². The Morgan fingerprint density at radius 2 is 1.83 bits per heavy atom. The Kier molecular flexibility index (Phi) is 7.83. The van der Waals surface area contributed by atoms with E-state index >= 15 is 0 Å². The summed E-state index contributed by atoms with van der Waals surface area (Å²) in [4.78, 5) is 10.9. The molecule has 0 heterocycles. The van der Waals surface area contributed by atoms with E-state index in [2.05, 4.69) is 13.0 Å². The number of methoxy groups -OCH3 is 1. The molecule has 0 spiro atoms. The number of allylic oxidation sites excluding steroid dienone is 1. The quantitative estimate of drug-likeness (QED) is 0.689. The Balaban J connectivity index is 2.49. The molecule has 0 bridgehead atoms. The topological polar surface area (TPSA) is 55.8 Å². The van der Waals surface area contributed by atoms with Gasteiger partial charge >= 0.3 is 5.97 Å². The molecule has 0 aliphatic heterocycles. The summed E-state index contributed by atoms with van der Waals surface area (Å²) in [5.41, 5.74) is 2.19. The summed E-state index contributed by atoms with van der Waals surface area (Å²) in [5, 5.41) is 8.96. The smallest absolute Gasteiger partial charge is 0.306 e. The van der Waals surface area contributed by atoms with Crippen LogP contribution >= 0.6 is 0 Å². The summed E-state index contributed by atoms with van der Waals surface area (Å²) in [5.74, 6) is -0.0429. The lowest BCUT2D eigenvalue weighted by molar-refractivity contribution is -0.141. The third-order valence-electron chi connectivity index (χ3n) is 4.01. The largest absolute Gasteiger partial charge is 0.497 e. The van der Waals surface area contributed by atoms with Crippen molar-refractivity contribution in [3.8, 4) is 5.75 Å². The van der Waals surface area contributed by atoms with E-state index in [1.54, 1.807) is 14.0 Å². The Bertz CT molecular complexity index is 519. The van der Waals surface area contributed by atoms with Gasteiger partial charge in [0.05, 0.1) is 25.7 Å². The highest BCUT2D eigenvalue weighted by Gasteiger charge is 2.14. The zero-order valence-electron chi connectivity index (χ0n) is 14.7. The van der Waals surface area contributed by atoms with Gasteiger partial charge in [-0.1, -0.05) is 37.6 Å². The maximum absolute atomic E-state index is 10.9. The normalized spacial score (nSPS) is 15.8. The monoisotopic (exact) mass is 320 g/mol. The molecule has 1 N–H and O–H groups in total. The SMILES string of the molecule is COc1ccc(CO[C@H](C)[C@H](C)C=C(C)C[C@H](C)C(=O)O)cc1. The van der Waals surface area contributed by atoms with Gasteiger partial charge in [0.2, 0.25) is 0 Å². The van der Waals surface area contributed by atoms with Gasteiger partial charge in [0.1, 0.15) is 5.75 Å². The lowest BCUT2D eigenvalue weighted by Gasteiger charge is -2.19. The fraction of sp³-hybridized carbons (Fsp3) is 0.526. The first-order valence-corrected chi connectivity index (χ1v) is 7.98. The first-order chi connectivity index (χ1) is 10.8. The minimum Gasteiger partial charge on any atom is -0.497 e. The van der Waals surface area contributed by atoms with Crippen molar-refractivity contribution in [2.24, 2.45) is 11.8 Å². The van der Waals surface area contributed by atoms with Crippen LogP contribution in [0.15, 0.2) is 35.9 Å². The highest BCUT2D eigenvalue weighted by Crippen LogP contribution is 2.18. The molecular formula is C19H28O4. The minimum atomic E-state index is -0.755. The molecule has 0 aliphatic rings. The molecule has 23 heavy (non-hydrogen) atoms. The second kappa shape index (κ2) is 9.36. The van der Waals surface area contributed by atoms with Crippen LogP contribution in [0, 0.1) is 11.8 Å². The van der Waals surface area contributed by atoms with E-state index in [1.165, 1.54) is 0 Å². The van der Waals surface area contributed by atoms with E-state index in [9.17, 15) is 4.79 Å². The van der Waals surface area contributed by atoms with E-state index in [-0.39, 0.29) is 17.9 Å². The van der Waals surface area contributed by atoms with Gasteiger partial charge in [-0.15, -0.1) is 0 Å². The summed E-state index contributed by atoms with van der Waals surface area (Å²) < 4.78 is 11.0. The zero-order chi connectivity index (χ0) is 17.4. The van der Waals surface area contributed by atoms with E-state index in [0.717, 1.165) is 16.9 Å². The molecule has 0 amide bonds. The van der Waals surface area contributed by atoms with Crippen LogP contribution in [0.5, 0.6) is 5.75 Å². The molecule has 0 unspecified atom stereocenters. The Morgan fingerprint density at radius 3 is 2.35 bits per heavy atom. The van der Waals surface area contributed by atoms with Crippen LogP contribution in [0.4, 0.5) is 0 Å². The molecule has 0 saturated heterocycles. The van der Waals surface area contributed by atoms with Crippen LogP contribution < -0.4 is 4.74 Å². The number of carbonyl (C=O) groups is 1. The van der Waals surface area contributed by atoms with Gasteiger partial charge < -0.3 is 14.6 Å². The molecule has 0 saturated carbocycles. The average Bonchev–Trinajstić information content (AvgIpc) is 2.52. The number of benzene rings is 1. The van der Waals surface area contributed by atoms with Crippen molar-refractivity contribution < 1.29 is 19.4 Å². The summed E-state index contributed by atoms with van der Waals surface area (Å²) in [6, 6.07) is 7.83. The molecule has 0 aliphatic carbocycles. The van der Waals surface area contributed by atoms with Gasteiger partial charge in [-0.2, -0.15) is 0 Å². The Morgan fingerprint density at radius 1 is 1.22 bits per heavy atom. The van der Waals surface area contributed by atoms with Gasteiger partial charge in [-0.05, 0) is 38.0 Å². The summed E-state index contributed by atoms with van der Waals surface area (Å²) >= 11 is 0. The molecule has 4 nitrogen and oxygen atoms in total. The summed E-state index contributed by atoms with van der Waals surface area (Å²) in [7, 11) is 1.65. The van der Waals surface area contributed by atoms with Gasteiger partial charge in [0, 0.05) is 5.92 Å². The van der Waals surface area contributed by atoms with Gasteiger partial charge in [-0.25, -0.2) is 0 Å². The Labute approximate surface area is 139 Å². The van der Waals surface area contributed by atoms with Crippen molar-refractivity contribution in [3.05, 3.63) is 41.5 Å². The molecule has 1 aromatic rings. The van der Waals surface area contributed by atoms with Crippen LogP contribution in [0.25, 0.3) is 0 Å². The van der Waals surface area contributed by atoms with Crippen molar-refractivity contribution in [2.75, 3.05) is 7.11 Å². The first kappa shape index (κ1) is 19.2. The third-order valence-corrected chi connectivity index (χ3v) is 4.01. The van der Waals surface area contributed by atoms with Crippen molar-refractivity contribution in [2.45, 2.75) is 46.8 Å². The Hall–Kier alpha value is -1.81. The van der Waals surface area contributed by atoms with Gasteiger partial charge in [-0.3, -0.25) is 4.79 Å². The maximum atomic E-state index is 10.9. The third kappa shape index (κ3) is 6.87. The number of hydrogen-bond donors (Lipinski definition) is 1. The lowest BCUT2D eigenvalue weighted by atomic mass is 9.97. The second-order valence-corrected chi connectivity index (χ2v) is 6.18. The molecule has 1 rings (SSSR count). The van der Waals surface area contributed by atoms with Crippen molar-refractivity contribution >= 4 is 5.97 Å². The molecule has 1 aromatic carbocycles. The van der Waals surface area contributed by atoms with Crippen molar-refractivity contribution in [1.82, 2.24) is 0 Å². The lowest BCUT2D eigenvalue weighted by Crippen LogP contribution is -2.17. The minimum absolute atomic E-state index is 0.0622. The highest BCUT2D eigenvalue weighted by molar-refractivity contribution is 5.69. The number of aliphatic carboxylic acids is 1. The van der Waals surface area contributed by atoms with Gasteiger partial charge in [0.15, 0.2) is 0 Å². The van der Waals surface area contributed by atoms with E-state index in [4.69, 9.17) is 14.6 Å². The van der Waals surface area contributed by atoms with E-state index < -0.39 is 5.97 Å². The van der Waals surface area contributed by atoms with Crippen LogP contribution in [0.1, 0.15) is 39.7 Å². The van der Waals surface area contributed by atoms with Crippen LogP contribution in [-0.2, 0) is 16.1 Å². The second-order valence-electron chi connectivity index (χ2n) is 6.18. The maximum Gasteiger partial charge on any atom is 0.306 e. The number of rotatable bonds is 9. The standard InChI is InChI=1S/C19H28O4/c1-13(11-15(3)19(20)21)10-14(2)16(4)23-12-17-6-8-18(22-5)9-7-17/h6-10,14-16H,11-12H2,1-5H3,(H,20,21)/t14-,15+,16-/m1/s1. The first-order valence-electron chi connectivity index (χ1n) is 7.98. The molecular weight excluding hydrogens is 292 g/mol. The van der Waals surface area contributed by atoms with Crippen LogP contribution in [-0.4, -0.2) is 24.3 Å². The molecule has 0 radical (unpaired) electrons. The van der Waals surface area contributed by atoms with E-state index in [1.807, 2.05) is 38.1 Å². The fourth-order valence-corrected chi connectivity index (χ4v) is 2.32. The number of ether oxygens (including phenoxy) is 2. The number of carboxylic acid groups (broad SMARTS) is 1. The zero-order valence-corrected chi connectivity index (χ0v) is 14.7. The predicted octanol–water partition coefficient (Wildman–Crippen LogP) is 4.29. The summed E-state index contributed by atoms with van der Waals surface area (Å²) in [6.07, 6.45) is 2.75. The average molecular weight is 320 g/mol. The van der Waals surface area contributed by atoms with Crippen LogP contribution in [0.2, 0.25) is 0 Å². The van der Waals surface area contributed by atoms with Crippen LogP contribution in [0.3, 0.4) is 0 Å². The molecule has 0 fully saturated rings. The number of hydrogen-bond acceptors (Lipinski definition) is 3. The molecule has 128 valence electrons. The molecule has 3 atom stereocenters. The van der Waals surface area contributed by atoms with E-state index in [0.29, 0.717) is 13.0 Å². The molecule has 0 aromatic heterocycles. The fourth-order valence-electron chi connectivity index (χ4n) is 2.32. The number of carboxylic acids is 1. The summed E-state index contributed by atoms with van der Waals surface area (Å²) in [6.45, 7) is 8.39. The van der Waals surface area contributed by atoms with Gasteiger partial charge in [0.25, 0.3) is 0 Å². The van der Waals surface area contributed by atoms with Crippen molar-refractivity contribution in [1.29, 1.82) is 0 Å². The highest BCUT2D eigenvalue weighted by atomic mass is 16.5. The predicted molar refractivity (Wildman–Crippen MR) is 91.6 cm³/mol.